The summed E-state index contributed by atoms with van der Waals surface area (Å²) in [4.78, 5) is 18.0. The molecule has 4 rings (SSSR count). The van der Waals surface area contributed by atoms with Crippen LogP contribution >= 0.6 is 11.6 Å². The standard InChI is InChI=1S/C20H11ClN4O3/c21-15-7-5-12(10-18(15)25(26)27)19-8-6-14(28-19)9-13(11-22)20-23-16-3-1-2-4-17(16)24-20/h1-10H,(H,23,24)/b13-9+. The number of aromatic amines is 1. The van der Waals surface area contributed by atoms with E-state index >= 15 is 0 Å². The van der Waals surface area contributed by atoms with E-state index in [1.165, 1.54) is 12.1 Å². The topological polar surface area (TPSA) is 109 Å². The number of benzene rings is 2. The predicted octanol–water partition coefficient (Wildman–Crippen LogP) is 5.45. The number of aromatic nitrogens is 2. The summed E-state index contributed by atoms with van der Waals surface area (Å²) in [7, 11) is 0. The molecule has 0 unspecified atom stereocenters. The molecule has 0 saturated carbocycles. The van der Waals surface area contributed by atoms with Crippen molar-refractivity contribution in [2.24, 2.45) is 0 Å². The number of hydrogen-bond donors (Lipinski definition) is 1. The second kappa shape index (κ2) is 7.02. The highest BCUT2D eigenvalue weighted by molar-refractivity contribution is 6.32. The molecule has 136 valence electrons. The van der Waals surface area contributed by atoms with Gasteiger partial charge in [0.15, 0.2) is 0 Å². The van der Waals surface area contributed by atoms with E-state index in [1.807, 2.05) is 24.3 Å². The Bertz CT molecular complexity index is 1250. The van der Waals surface area contributed by atoms with Crippen LogP contribution in [0.2, 0.25) is 5.02 Å². The van der Waals surface area contributed by atoms with Crippen molar-refractivity contribution >= 4 is 40.0 Å². The lowest BCUT2D eigenvalue weighted by Gasteiger charge is -1.99. The highest BCUT2D eigenvalue weighted by Gasteiger charge is 2.15. The minimum Gasteiger partial charge on any atom is -0.457 e. The maximum absolute atomic E-state index is 11.1. The van der Waals surface area contributed by atoms with Crippen molar-refractivity contribution in [1.29, 1.82) is 5.26 Å². The van der Waals surface area contributed by atoms with E-state index in [1.54, 1.807) is 24.3 Å². The summed E-state index contributed by atoms with van der Waals surface area (Å²) in [5.41, 5.74) is 2.20. The molecule has 0 fully saturated rings. The van der Waals surface area contributed by atoms with Crippen molar-refractivity contribution in [3.63, 3.8) is 0 Å². The summed E-state index contributed by atoms with van der Waals surface area (Å²) in [5.74, 6) is 1.28. The van der Waals surface area contributed by atoms with Gasteiger partial charge in [0.2, 0.25) is 0 Å². The Balaban J connectivity index is 1.69. The molecule has 8 heteroatoms. The lowest BCUT2D eigenvalue weighted by atomic mass is 10.1. The molecular weight excluding hydrogens is 380 g/mol. The molecule has 7 nitrogen and oxygen atoms in total. The number of nitrogens with zero attached hydrogens (tertiary/aromatic N) is 3. The molecule has 0 aliphatic rings. The molecule has 0 saturated heterocycles. The predicted molar refractivity (Wildman–Crippen MR) is 105 cm³/mol. The molecular formula is C20H11ClN4O3. The van der Waals surface area contributed by atoms with Crippen molar-refractivity contribution in [3.8, 4) is 17.4 Å². The minimum atomic E-state index is -0.551. The van der Waals surface area contributed by atoms with Gasteiger partial charge in [-0.25, -0.2) is 4.98 Å². The van der Waals surface area contributed by atoms with Gasteiger partial charge in [-0.15, -0.1) is 0 Å². The van der Waals surface area contributed by atoms with Gasteiger partial charge in [0, 0.05) is 17.7 Å². The number of furan rings is 1. The maximum atomic E-state index is 11.1. The van der Waals surface area contributed by atoms with E-state index in [0.717, 1.165) is 11.0 Å². The van der Waals surface area contributed by atoms with Gasteiger partial charge in [0.05, 0.1) is 21.5 Å². The summed E-state index contributed by atoms with van der Waals surface area (Å²) < 4.78 is 5.74. The number of fused-ring (bicyclic) bond motifs is 1. The van der Waals surface area contributed by atoms with E-state index in [2.05, 4.69) is 16.0 Å². The monoisotopic (exact) mass is 390 g/mol. The fourth-order valence-electron chi connectivity index (χ4n) is 2.77. The molecule has 1 N–H and O–H groups in total. The van der Waals surface area contributed by atoms with Crippen LogP contribution in [0.5, 0.6) is 0 Å². The number of rotatable bonds is 4. The number of hydrogen-bond acceptors (Lipinski definition) is 5. The Kier molecular flexibility index (Phi) is 4.39. The van der Waals surface area contributed by atoms with Gasteiger partial charge >= 0.3 is 0 Å². The Morgan fingerprint density at radius 1 is 1.25 bits per heavy atom. The average molecular weight is 391 g/mol. The van der Waals surface area contributed by atoms with Gasteiger partial charge < -0.3 is 9.40 Å². The number of nitrogens with one attached hydrogen (secondary N) is 1. The number of nitro benzene ring substituents is 1. The van der Waals surface area contributed by atoms with Gasteiger partial charge in [-0.1, -0.05) is 23.7 Å². The minimum absolute atomic E-state index is 0.0528. The van der Waals surface area contributed by atoms with Gasteiger partial charge in [0.25, 0.3) is 5.69 Å². The molecule has 0 spiro atoms. The van der Waals surface area contributed by atoms with Gasteiger partial charge in [0.1, 0.15) is 28.4 Å². The first-order chi connectivity index (χ1) is 13.5. The molecule has 28 heavy (non-hydrogen) atoms. The molecule has 0 aliphatic heterocycles. The van der Waals surface area contributed by atoms with Crippen molar-refractivity contribution in [1.82, 2.24) is 9.97 Å². The van der Waals surface area contributed by atoms with Crippen molar-refractivity contribution in [2.45, 2.75) is 0 Å². The Hall–Kier alpha value is -3.89. The Morgan fingerprint density at radius 3 is 2.82 bits per heavy atom. The SMILES string of the molecule is N#C/C(=C\c1ccc(-c2ccc(Cl)c([N+](=O)[O-])c2)o1)c1nc2ccccc2[nH]1. The molecule has 2 heterocycles. The highest BCUT2D eigenvalue weighted by Crippen LogP contribution is 2.32. The zero-order chi connectivity index (χ0) is 19.7. The molecule has 0 aliphatic carbocycles. The van der Waals surface area contributed by atoms with Crippen LogP contribution in [-0.4, -0.2) is 14.9 Å². The Morgan fingerprint density at radius 2 is 2.07 bits per heavy atom. The normalized spacial score (nSPS) is 11.5. The molecule has 0 bridgehead atoms. The van der Waals surface area contributed by atoms with Crippen LogP contribution in [0.4, 0.5) is 5.69 Å². The highest BCUT2D eigenvalue weighted by atomic mass is 35.5. The van der Waals surface area contributed by atoms with Gasteiger partial charge in [-0.2, -0.15) is 5.26 Å². The van der Waals surface area contributed by atoms with Crippen LogP contribution < -0.4 is 0 Å². The third-order valence-corrected chi connectivity index (χ3v) is 4.43. The van der Waals surface area contributed by atoms with Crippen molar-refractivity contribution in [2.75, 3.05) is 0 Å². The molecule has 4 aromatic rings. The third kappa shape index (κ3) is 3.24. The van der Waals surface area contributed by atoms with Crippen LogP contribution in [0, 0.1) is 21.4 Å². The van der Waals surface area contributed by atoms with Gasteiger partial charge in [-0.3, -0.25) is 10.1 Å². The molecule has 0 amide bonds. The Labute approximate surface area is 163 Å². The van der Waals surface area contributed by atoms with Crippen LogP contribution in [0.25, 0.3) is 34.0 Å². The first kappa shape index (κ1) is 17.5. The summed E-state index contributed by atoms with van der Waals surface area (Å²) in [6.07, 6.45) is 1.56. The fourth-order valence-corrected chi connectivity index (χ4v) is 2.95. The van der Waals surface area contributed by atoms with Crippen LogP contribution in [0.3, 0.4) is 0 Å². The first-order valence-corrected chi connectivity index (χ1v) is 8.54. The van der Waals surface area contributed by atoms with Crippen LogP contribution in [0.15, 0.2) is 59.0 Å². The van der Waals surface area contributed by atoms with E-state index in [-0.39, 0.29) is 10.7 Å². The average Bonchev–Trinajstić information content (AvgIpc) is 3.33. The number of nitro groups is 1. The number of nitriles is 1. The van der Waals surface area contributed by atoms with Crippen LogP contribution in [0.1, 0.15) is 11.6 Å². The largest absolute Gasteiger partial charge is 0.457 e. The van der Waals surface area contributed by atoms with Crippen molar-refractivity contribution in [3.05, 3.63) is 81.3 Å². The third-order valence-electron chi connectivity index (χ3n) is 4.11. The zero-order valence-corrected chi connectivity index (χ0v) is 15.0. The second-order valence-electron chi connectivity index (χ2n) is 5.90. The number of imidazole rings is 1. The molecule has 2 aromatic carbocycles. The number of allylic oxidation sites excluding steroid dienone is 1. The number of halogens is 1. The smallest absolute Gasteiger partial charge is 0.288 e. The van der Waals surface area contributed by atoms with E-state index in [0.29, 0.717) is 28.5 Å². The molecule has 2 aromatic heterocycles. The lowest BCUT2D eigenvalue weighted by molar-refractivity contribution is -0.384. The van der Waals surface area contributed by atoms with Gasteiger partial charge in [-0.05, 0) is 36.4 Å². The molecule has 0 atom stereocenters. The lowest BCUT2D eigenvalue weighted by Crippen LogP contribution is -1.89. The summed E-state index contributed by atoms with van der Waals surface area (Å²) >= 11 is 5.84. The fraction of sp³-hybridized carbons (Fsp3) is 0. The number of H-pyrrole nitrogens is 1. The summed E-state index contributed by atoms with van der Waals surface area (Å²) in [5, 5.41) is 20.6. The summed E-state index contributed by atoms with van der Waals surface area (Å²) in [6.45, 7) is 0. The number of para-hydroxylation sites is 2. The first-order valence-electron chi connectivity index (χ1n) is 8.16. The quantitative estimate of drug-likeness (QED) is 0.283. The summed E-state index contributed by atoms with van der Waals surface area (Å²) in [6, 6.07) is 17.4. The van der Waals surface area contributed by atoms with E-state index in [9.17, 15) is 15.4 Å². The molecule has 0 radical (unpaired) electrons. The van der Waals surface area contributed by atoms with E-state index < -0.39 is 4.92 Å². The second-order valence-corrected chi connectivity index (χ2v) is 6.30. The van der Waals surface area contributed by atoms with Crippen LogP contribution in [-0.2, 0) is 0 Å². The van der Waals surface area contributed by atoms with E-state index in [4.69, 9.17) is 16.0 Å². The maximum Gasteiger partial charge on any atom is 0.288 e. The zero-order valence-electron chi connectivity index (χ0n) is 14.2. The van der Waals surface area contributed by atoms with Crippen molar-refractivity contribution < 1.29 is 9.34 Å².